The maximum atomic E-state index is 9.66. The van der Waals surface area contributed by atoms with Gasteiger partial charge in [-0.05, 0) is 51.3 Å². The van der Waals surface area contributed by atoms with Gasteiger partial charge < -0.3 is 20.1 Å². The normalized spacial score (nSPS) is 10.8. The number of nitrogens with zero attached hydrogens (tertiary/aromatic N) is 1. The molecule has 0 saturated heterocycles. The lowest BCUT2D eigenvalue weighted by Crippen LogP contribution is -2.22. The standard InChI is InChI=1S/C13H22N2O2/c1-14-7-4-8-15(2)10-11-5-6-13(17-3)12(16)9-11/h5-6,9,14,16H,4,7-8,10H2,1-3H3. The topological polar surface area (TPSA) is 44.7 Å². The maximum Gasteiger partial charge on any atom is 0.160 e. The highest BCUT2D eigenvalue weighted by Crippen LogP contribution is 2.26. The van der Waals surface area contributed by atoms with E-state index in [1.807, 2.05) is 13.1 Å². The van der Waals surface area contributed by atoms with Gasteiger partial charge >= 0.3 is 0 Å². The lowest BCUT2D eigenvalue weighted by molar-refractivity contribution is 0.319. The fourth-order valence-electron chi connectivity index (χ4n) is 1.75. The zero-order valence-corrected chi connectivity index (χ0v) is 10.9. The Morgan fingerprint density at radius 1 is 1.41 bits per heavy atom. The van der Waals surface area contributed by atoms with E-state index in [4.69, 9.17) is 4.74 Å². The van der Waals surface area contributed by atoms with Gasteiger partial charge in [-0.2, -0.15) is 0 Å². The Hall–Kier alpha value is -1.26. The predicted molar refractivity (Wildman–Crippen MR) is 69.5 cm³/mol. The van der Waals surface area contributed by atoms with E-state index < -0.39 is 0 Å². The number of phenolic OH excluding ortho intramolecular Hbond substituents is 1. The van der Waals surface area contributed by atoms with E-state index in [-0.39, 0.29) is 5.75 Å². The van der Waals surface area contributed by atoms with Crippen molar-refractivity contribution in [2.45, 2.75) is 13.0 Å². The van der Waals surface area contributed by atoms with Crippen LogP contribution in [0.15, 0.2) is 18.2 Å². The van der Waals surface area contributed by atoms with Crippen LogP contribution in [-0.4, -0.2) is 44.3 Å². The number of phenols is 1. The van der Waals surface area contributed by atoms with Crippen LogP contribution < -0.4 is 10.1 Å². The molecule has 0 fully saturated rings. The number of aromatic hydroxyl groups is 1. The van der Waals surface area contributed by atoms with E-state index in [1.165, 1.54) is 0 Å². The van der Waals surface area contributed by atoms with Gasteiger partial charge in [0.1, 0.15) is 0 Å². The number of ether oxygens (including phenoxy) is 1. The highest BCUT2D eigenvalue weighted by atomic mass is 16.5. The average Bonchev–Trinajstić information content (AvgIpc) is 2.29. The van der Waals surface area contributed by atoms with Crippen LogP contribution in [0.2, 0.25) is 0 Å². The summed E-state index contributed by atoms with van der Waals surface area (Å²) in [6, 6.07) is 5.53. The molecule has 1 aromatic rings. The van der Waals surface area contributed by atoms with Crippen molar-refractivity contribution < 1.29 is 9.84 Å². The second-order valence-corrected chi connectivity index (χ2v) is 4.20. The second kappa shape index (κ2) is 7.14. The van der Waals surface area contributed by atoms with Gasteiger partial charge in [-0.15, -0.1) is 0 Å². The summed E-state index contributed by atoms with van der Waals surface area (Å²) in [5.74, 6) is 0.722. The molecule has 4 heteroatoms. The van der Waals surface area contributed by atoms with E-state index >= 15 is 0 Å². The first-order valence-corrected chi connectivity index (χ1v) is 5.86. The number of methoxy groups -OCH3 is 1. The molecule has 17 heavy (non-hydrogen) atoms. The first-order chi connectivity index (χ1) is 8.17. The van der Waals surface area contributed by atoms with Crippen molar-refractivity contribution in [1.82, 2.24) is 10.2 Å². The van der Waals surface area contributed by atoms with Crippen LogP contribution in [0.25, 0.3) is 0 Å². The molecule has 1 aromatic carbocycles. The maximum absolute atomic E-state index is 9.66. The molecule has 0 aliphatic rings. The molecule has 0 saturated carbocycles. The van der Waals surface area contributed by atoms with Crippen LogP contribution in [0.5, 0.6) is 11.5 Å². The number of rotatable bonds is 7. The van der Waals surface area contributed by atoms with E-state index in [0.29, 0.717) is 5.75 Å². The molecule has 96 valence electrons. The lowest BCUT2D eigenvalue weighted by atomic mass is 10.2. The third kappa shape index (κ3) is 4.63. The fraction of sp³-hybridized carbons (Fsp3) is 0.538. The minimum Gasteiger partial charge on any atom is -0.504 e. The van der Waals surface area contributed by atoms with Crippen molar-refractivity contribution >= 4 is 0 Å². The van der Waals surface area contributed by atoms with Crippen molar-refractivity contribution in [3.63, 3.8) is 0 Å². The number of hydrogen-bond acceptors (Lipinski definition) is 4. The molecule has 0 unspecified atom stereocenters. The Morgan fingerprint density at radius 2 is 2.18 bits per heavy atom. The van der Waals surface area contributed by atoms with Crippen molar-refractivity contribution in [3.05, 3.63) is 23.8 Å². The van der Waals surface area contributed by atoms with Crippen LogP contribution in [0.4, 0.5) is 0 Å². The summed E-state index contributed by atoms with van der Waals surface area (Å²) < 4.78 is 5.01. The fourth-order valence-corrected chi connectivity index (χ4v) is 1.75. The van der Waals surface area contributed by atoms with E-state index in [0.717, 1.165) is 31.6 Å². The minimum atomic E-state index is 0.202. The number of benzene rings is 1. The molecular weight excluding hydrogens is 216 g/mol. The van der Waals surface area contributed by atoms with Gasteiger partial charge in [-0.1, -0.05) is 6.07 Å². The summed E-state index contributed by atoms with van der Waals surface area (Å²) in [7, 11) is 5.59. The molecule has 0 amide bonds. The van der Waals surface area contributed by atoms with Gasteiger partial charge in [0, 0.05) is 6.54 Å². The third-order valence-electron chi connectivity index (χ3n) is 2.66. The van der Waals surface area contributed by atoms with E-state index in [2.05, 4.69) is 17.3 Å². The lowest BCUT2D eigenvalue weighted by Gasteiger charge is -2.17. The zero-order chi connectivity index (χ0) is 12.7. The molecular formula is C13H22N2O2. The number of nitrogens with one attached hydrogen (secondary N) is 1. The summed E-state index contributed by atoms with van der Waals surface area (Å²) in [5, 5.41) is 12.8. The van der Waals surface area contributed by atoms with Crippen LogP contribution in [0.3, 0.4) is 0 Å². The van der Waals surface area contributed by atoms with Crippen LogP contribution >= 0.6 is 0 Å². The van der Waals surface area contributed by atoms with Gasteiger partial charge in [0.2, 0.25) is 0 Å². The smallest absolute Gasteiger partial charge is 0.160 e. The Kier molecular flexibility index (Phi) is 5.80. The molecule has 0 bridgehead atoms. The van der Waals surface area contributed by atoms with Crippen LogP contribution in [-0.2, 0) is 6.54 Å². The molecule has 2 N–H and O–H groups in total. The zero-order valence-electron chi connectivity index (χ0n) is 10.9. The van der Waals surface area contributed by atoms with Gasteiger partial charge in [0.05, 0.1) is 7.11 Å². The molecule has 0 radical (unpaired) electrons. The molecule has 0 heterocycles. The minimum absolute atomic E-state index is 0.202. The van der Waals surface area contributed by atoms with Crippen molar-refractivity contribution in [1.29, 1.82) is 0 Å². The average molecular weight is 238 g/mol. The van der Waals surface area contributed by atoms with Crippen LogP contribution in [0.1, 0.15) is 12.0 Å². The van der Waals surface area contributed by atoms with Gasteiger partial charge in [-0.25, -0.2) is 0 Å². The Balaban J connectivity index is 2.48. The Bertz CT molecular complexity index is 342. The first-order valence-electron chi connectivity index (χ1n) is 5.86. The quantitative estimate of drug-likeness (QED) is 0.706. The first kappa shape index (κ1) is 13.8. The summed E-state index contributed by atoms with van der Waals surface area (Å²) in [5.41, 5.74) is 1.09. The molecule has 0 aromatic heterocycles. The van der Waals surface area contributed by atoms with Crippen molar-refractivity contribution in [2.75, 3.05) is 34.3 Å². The predicted octanol–water partition coefficient (Wildman–Crippen LogP) is 1.44. The highest BCUT2D eigenvalue weighted by Gasteiger charge is 2.04. The van der Waals surface area contributed by atoms with E-state index in [1.54, 1.807) is 19.2 Å². The van der Waals surface area contributed by atoms with Gasteiger partial charge in [0.15, 0.2) is 11.5 Å². The monoisotopic (exact) mass is 238 g/mol. The van der Waals surface area contributed by atoms with E-state index in [9.17, 15) is 5.11 Å². The van der Waals surface area contributed by atoms with Gasteiger partial charge in [-0.3, -0.25) is 0 Å². The van der Waals surface area contributed by atoms with Crippen molar-refractivity contribution in [3.8, 4) is 11.5 Å². The highest BCUT2D eigenvalue weighted by molar-refractivity contribution is 5.41. The molecule has 4 nitrogen and oxygen atoms in total. The van der Waals surface area contributed by atoms with Crippen LogP contribution in [0, 0.1) is 0 Å². The Morgan fingerprint density at radius 3 is 2.76 bits per heavy atom. The largest absolute Gasteiger partial charge is 0.504 e. The molecule has 0 aliphatic carbocycles. The number of hydrogen-bond donors (Lipinski definition) is 2. The summed E-state index contributed by atoms with van der Waals surface area (Å²) in [6.45, 7) is 2.90. The summed E-state index contributed by atoms with van der Waals surface area (Å²) >= 11 is 0. The Labute approximate surface area is 103 Å². The van der Waals surface area contributed by atoms with Crippen molar-refractivity contribution in [2.24, 2.45) is 0 Å². The summed E-state index contributed by atoms with van der Waals surface area (Å²) in [6.07, 6.45) is 1.12. The molecule has 1 rings (SSSR count). The third-order valence-corrected chi connectivity index (χ3v) is 2.66. The second-order valence-electron chi connectivity index (χ2n) is 4.20. The molecule has 0 spiro atoms. The molecule has 0 atom stereocenters. The van der Waals surface area contributed by atoms with Gasteiger partial charge in [0.25, 0.3) is 0 Å². The summed E-state index contributed by atoms with van der Waals surface area (Å²) in [4.78, 5) is 2.23. The molecule has 0 aliphatic heterocycles. The SMILES string of the molecule is CNCCCN(C)Cc1ccc(OC)c(O)c1.